The molecular formula is C10H20ClNO. The molecule has 13 heavy (non-hydrogen) atoms. The molecule has 0 aromatic carbocycles. The molecule has 0 amide bonds. The standard InChI is InChI=1S/C10H19NO.ClH/c1-10(2)7-3-6(5-12)9(11)8(10)4-7;/h6-9,12H,3-5,11H2,1-2H3;1H/t6-,7+,8-,9+;/m0./s1. The number of aliphatic hydroxyl groups excluding tert-OH is 1. The summed E-state index contributed by atoms with van der Waals surface area (Å²) in [6.07, 6.45) is 2.44. The molecule has 0 radical (unpaired) electrons. The van der Waals surface area contributed by atoms with Crippen molar-refractivity contribution in [1.82, 2.24) is 0 Å². The lowest BCUT2D eigenvalue weighted by atomic mass is 9.45. The monoisotopic (exact) mass is 205 g/mol. The summed E-state index contributed by atoms with van der Waals surface area (Å²) in [6, 6.07) is 0.245. The molecule has 3 rings (SSSR count). The molecular weight excluding hydrogens is 186 g/mol. The molecule has 3 N–H and O–H groups in total. The van der Waals surface area contributed by atoms with Crippen LogP contribution < -0.4 is 5.73 Å². The fraction of sp³-hybridized carbons (Fsp3) is 1.00. The molecule has 0 aromatic rings. The van der Waals surface area contributed by atoms with Crippen molar-refractivity contribution in [3.63, 3.8) is 0 Å². The Bertz CT molecular complexity index is 195. The van der Waals surface area contributed by atoms with Gasteiger partial charge in [0.2, 0.25) is 0 Å². The van der Waals surface area contributed by atoms with Gasteiger partial charge in [-0.2, -0.15) is 0 Å². The molecule has 3 heteroatoms. The number of hydrogen-bond acceptors (Lipinski definition) is 2. The van der Waals surface area contributed by atoms with Gasteiger partial charge in [0.15, 0.2) is 0 Å². The third-order valence-electron chi connectivity index (χ3n) is 4.38. The number of fused-ring (bicyclic) bond motifs is 2. The van der Waals surface area contributed by atoms with Crippen molar-refractivity contribution in [1.29, 1.82) is 0 Å². The van der Waals surface area contributed by atoms with Crippen LogP contribution in [0.1, 0.15) is 26.7 Å². The second-order valence-electron chi connectivity index (χ2n) is 5.12. The van der Waals surface area contributed by atoms with Gasteiger partial charge in [0.25, 0.3) is 0 Å². The Morgan fingerprint density at radius 2 is 2.00 bits per heavy atom. The molecule has 0 aromatic heterocycles. The topological polar surface area (TPSA) is 46.2 Å². The summed E-state index contributed by atoms with van der Waals surface area (Å²) in [5.41, 5.74) is 6.54. The van der Waals surface area contributed by atoms with Crippen LogP contribution in [-0.4, -0.2) is 17.8 Å². The Hall–Kier alpha value is 0.210. The highest BCUT2D eigenvalue weighted by atomic mass is 35.5. The minimum Gasteiger partial charge on any atom is -0.396 e. The maximum absolute atomic E-state index is 9.09. The van der Waals surface area contributed by atoms with Crippen molar-refractivity contribution in [2.75, 3.05) is 6.61 Å². The van der Waals surface area contributed by atoms with Gasteiger partial charge in [-0.15, -0.1) is 12.4 Å². The zero-order chi connectivity index (χ0) is 8.93. The number of rotatable bonds is 1. The molecule has 3 aliphatic carbocycles. The molecule has 0 heterocycles. The van der Waals surface area contributed by atoms with Crippen LogP contribution in [0.2, 0.25) is 0 Å². The first-order valence-corrected chi connectivity index (χ1v) is 4.93. The largest absolute Gasteiger partial charge is 0.396 e. The van der Waals surface area contributed by atoms with Gasteiger partial charge in [-0.25, -0.2) is 0 Å². The van der Waals surface area contributed by atoms with Crippen LogP contribution in [0.4, 0.5) is 0 Å². The van der Waals surface area contributed by atoms with E-state index >= 15 is 0 Å². The van der Waals surface area contributed by atoms with Gasteiger partial charge in [0.1, 0.15) is 0 Å². The van der Waals surface area contributed by atoms with E-state index in [1.807, 2.05) is 0 Å². The smallest absolute Gasteiger partial charge is 0.0474 e. The van der Waals surface area contributed by atoms with Crippen LogP contribution in [0.25, 0.3) is 0 Å². The average Bonchev–Trinajstić information content (AvgIpc) is 2.03. The molecule has 4 atom stereocenters. The van der Waals surface area contributed by atoms with Crippen LogP contribution >= 0.6 is 12.4 Å². The van der Waals surface area contributed by atoms with Crippen molar-refractivity contribution in [2.24, 2.45) is 28.9 Å². The predicted octanol–water partition coefficient (Wildman–Crippen LogP) is 1.41. The molecule has 0 saturated heterocycles. The van der Waals surface area contributed by atoms with Crippen LogP contribution in [0.15, 0.2) is 0 Å². The van der Waals surface area contributed by atoms with E-state index in [1.54, 1.807) is 0 Å². The maximum Gasteiger partial charge on any atom is 0.0474 e. The van der Waals surface area contributed by atoms with Gasteiger partial charge >= 0.3 is 0 Å². The van der Waals surface area contributed by atoms with Crippen molar-refractivity contribution < 1.29 is 5.11 Å². The van der Waals surface area contributed by atoms with Gasteiger partial charge in [-0.05, 0) is 36.0 Å². The second-order valence-corrected chi connectivity index (χ2v) is 5.12. The Kier molecular flexibility index (Phi) is 2.96. The van der Waals surface area contributed by atoms with E-state index in [-0.39, 0.29) is 25.1 Å². The van der Waals surface area contributed by atoms with Crippen LogP contribution in [-0.2, 0) is 0 Å². The number of nitrogens with two attached hydrogens (primary N) is 1. The van der Waals surface area contributed by atoms with E-state index < -0.39 is 0 Å². The van der Waals surface area contributed by atoms with Gasteiger partial charge in [-0.3, -0.25) is 0 Å². The van der Waals surface area contributed by atoms with E-state index in [2.05, 4.69) is 13.8 Å². The molecule has 3 saturated carbocycles. The normalized spacial score (nSPS) is 46.2. The van der Waals surface area contributed by atoms with E-state index in [0.29, 0.717) is 17.3 Å². The molecule has 0 unspecified atom stereocenters. The van der Waals surface area contributed by atoms with Crippen molar-refractivity contribution in [3.8, 4) is 0 Å². The minimum absolute atomic E-state index is 0. The Morgan fingerprint density at radius 3 is 2.38 bits per heavy atom. The lowest BCUT2D eigenvalue weighted by molar-refractivity contribution is -0.113. The number of halogens is 1. The zero-order valence-corrected chi connectivity index (χ0v) is 9.18. The van der Waals surface area contributed by atoms with Crippen LogP contribution in [0.5, 0.6) is 0 Å². The number of aliphatic hydroxyl groups is 1. The highest BCUT2D eigenvalue weighted by Crippen LogP contribution is 2.59. The first-order valence-electron chi connectivity index (χ1n) is 4.93. The zero-order valence-electron chi connectivity index (χ0n) is 8.36. The summed E-state index contributed by atoms with van der Waals surface area (Å²) < 4.78 is 0. The lowest BCUT2D eigenvalue weighted by Gasteiger charge is -2.61. The molecule has 0 aliphatic heterocycles. The van der Waals surface area contributed by atoms with Gasteiger partial charge in [0.05, 0.1) is 0 Å². The quantitative estimate of drug-likeness (QED) is 0.680. The summed E-state index contributed by atoms with van der Waals surface area (Å²) in [4.78, 5) is 0. The third kappa shape index (κ3) is 1.39. The van der Waals surface area contributed by atoms with E-state index in [4.69, 9.17) is 10.8 Å². The Labute approximate surface area is 86.3 Å². The second kappa shape index (κ2) is 3.41. The first-order chi connectivity index (χ1) is 5.57. The summed E-state index contributed by atoms with van der Waals surface area (Å²) in [5.74, 6) is 1.86. The number of hydrogen-bond donors (Lipinski definition) is 2. The summed E-state index contributed by atoms with van der Waals surface area (Å²) >= 11 is 0. The van der Waals surface area contributed by atoms with E-state index in [9.17, 15) is 0 Å². The third-order valence-corrected chi connectivity index (χ3v) is 4.38. The first kappa shape index (κ1) is 11.3. The molecule has 78 valence electrons. The molecule has 0 spiro atoms. The minimum atomic E-state index is 0. The van der Waals surface area contributed by atoms with Crippen molar-refractivity contribution in [2.45, 2.75) is 32.7 Å². The van der Waals surface area contributed by atoms with Gasteiger partial charge < -0.3 is 10.8 Å². The molecule has 2 nitrogen and oxygen atoms in total. The van der Waals surface area contributed by atoms with Gasteiger partial charge in [-0.1, -0.05) is 13.8 Å². The van der Waals surface area contributed by atoms with Crippen molar-refractivity contribution in [3.05, 3.63) is 0 Å². The van der Waals surface area contributed by atoms with Crippen LogP contribution in [0, 0.1) is 23.2 Å². The maximum atomic E-state index is 9.09. The SMILES string of the molecule is CC1(C)[C@@H]2C[C@@H](CO)[C@@H](N)[C@@H]1C2.Cl. The summed E-state index contributed by atoms with van der Waals surface area (Å²) in [5, 5.41) is 9.09. The average molecular weight is 206 g/mol. The highest BCUT2D eigenvalue weighted by molar-refractivity contribution is 5.85. The summed E-state index contributed by atoms with van der Waals surface area (Å²) in [7, 11) is 0. The fourth-order valence-corrected chi connectivity index (χ4v) is 3.16. The fourth-order valence-electron chi connectivity index (χ4n) is 3.16. The predicted molar refractivity (Wildman–Crippen MR) is 55.8 cm³/mol. The Morgan fingerprint density at radius 1 is 1.38 bits per heavy atom. The molecule has 3 aliphatic rings. The van der Waals surface area contributed by atoms with E-state index in [0.717, 1.165) is 12.3 Å². The van der Waals surface area contributed by atoms with Gasteiger partial charge in [0, 0.05) is 12.6 Å². The highest BCUT2D eigenvalue weighted by Gasteiger charge is 2.56. The van der Waals surface area contributed by atoms with Crippen LogP contribution in [0.3, 0.4) is 0 Å². The Balaban J connectivity index is 0.000000845. The van der Waals surface area contributed by atoms with E-state index in [1.165, 1.54) is 6.42 Å². The van der Waals surface area contributed by atoms with Crippen molar-refractivity contribution >= 4 is 12.4 Å². The molecule has 2 bridgehead atoms. The lowest BCUT2D eigenvalue weighted by Crippen LogP contribution is -2.61. The molecule has 3 fully saturated rings. The summed E-state index contributed by atoms with van der Waals surface area (Å²) in [6.45, 7) is 4.92.